The summed E-state index contributed by atoms with van der Waals surface area (Å²) in [6, 6.07) is 6.82. The van der Waals surface area contributed by atoms with Crippen molar-refractivity contribution in [2.24, 2.45) is 0 Å². The zero-order valence-corrected chi connectivity index (χ0v) is 12.0. The Morgan fingerprint density at radius 2 is 2.14 bits per heavy atom. The van der Waals surface area contributed by atoms with Crippen molar-refractivity contribution in [3.8, 4) is 0 Å². The van der Waals surface area contributed by atoms with E-state index in [0.717, 1.165) is 18.5 Å². The van der Waals surface area contributed by atoms with Crippen LogP contribution in [0.25, 0.3) is 5.65 Å². The molecule has 1 N–H and O–H groups in total. The van der Waals surface area contributed by atoms with E-state index in [2.05, 4.69) is 16.7 Å². The van der Waals surface area contributed by atoms with Crippen molar-refractivity contribution in [1.82, 2.24) is 14.6 Å². The highest BCUT2D eigenvalue weighted by molar-refractivity contribution is 5.41. The van der Waals surface area contributed by atoms with Crippen molar-refractivity contribution in [3.63, 3.8) is 0 Å². The molecule has 22 heavy (non-hydrogen) atoms. The molecule has 3 heterocycles. The van der Waals surface area contributed by atoms with Crippen molar-refractivity contribution in [1.29, 1.82) is 0 Å². The number of aliphatic hydroxyl groups excluding tert-OH is 1. The van der Waals surface area contributed by atoms with Crippen LogP contribution in [-0.2, 0) is 6.42 Å². The first-order valence-electron chi connectivity index (χ1n) is 7.00. The van der Waals surface area contributed by atoms with Gasteiger partial charge >= 0.3 is 0 Å². The molecule has 0 radical (unpaired) electrons. The van der Waals surface area contributed by atoms with E-state index in [1.807, 2.05) is 12.1 Å². The SMILES string of the molecule is C=CCCc1cc(C(O)c2cc[n+]([O-])cc2)n2nccc2n1. The molecule has 0 spiro atoms. The standard InChI is InChI=1S/C16H16N4O2/c1-2-3-4-13-11-14(20-15(18-13)5-8-17-20)16(21)12-6-9-19(22)10-7-12/h2,5-11,16,21H,1,3-4H2. The third kappa shape index (κ3) is 2.68. The Morgan fingerprint density at radius 1 is 1.36 bits per heavy atom. The molecule has 0 aliphatic rings. The Labute approximate surface area is 127 Å². The number of pyridine rings is 1. The molecule has 0 fully saturated rings. The summed E-state index contributed by atoms with van der Waals surface area (Å²) in [7, 11) is 0. The highest BCUT2D eigenvalue weighted by atomic mass is 16.5. The molecule has 0 aliphatic carbocycles. The molecule has 1 atom stereocenters. The number of aliphatic hydroxyl groups is 1. The van der Waals surface area contributed by atoms with E-state index in [0.29, 0.717) is 21.6 Å². The summed E-state index contributed by atoms with van der Waals surface area (Å²) in [5.74, 6) is 0. The largest absolute Gasteiger partial charge is 0.619 e. The summed E-state index contributed by atoms with van der Waals surface area (Å²) in [5.41, 5.74) is 2.81. The smallest absolute Gasteiger partial charge is 0.180 e. The molecule has 0 saturated carbocycles. The van der Waals surface area contributed by atoms with Crippen molar-refractivity contribution < 1.29 is 9.84 Å². The quantitative estimate of drug-likeness (QED) is 0.440. The lowest BCUT2D eigenvalue weighted by atomic mass is 10.1. The first kappa shape index (κ1) is 14.2. The second kappa shape index (κ2) is 5.95. The van der Waals surface area contributed by atoms with Gasteiger partial charge in [0.15, 0.2) is 18.0 Å². The Kier molecular flexibility index (Phi) is 3.84. The molecule has 0 aromatic carbocycles. The fourth-order valence-electron chi connectivity index (χ4n) is 2.34. The van der Waals surface area contributed by atoms with Crippen LogP contribution in [0.1, 0.15) is 29.5 Å². The molecular weight excluding hydrogens is 280 g/mol. The van der Waals surface area contributed by atoms with Gasteiger partial charge in [0.2, 0.25) is 0 Å². The molecule has 6 nitrogen and oxygen atoms in total. The van der Waals surface area contributed by atoms with Gasteiger partial charge in [0, 0.05) is 23.9 Å². The first-order chi connectivity index (χ1) is 10.7. The van der Waals surface area contributed by atoms with Crippen LogP contribution in [0.15, 0.2) is 55.5 Å². The highest BCUT2D eigenvalue weighted by Gasteiger charge is 2.17. The van der Waals surface area contributed by atoms with E-state index in [1.165, 1.54) is 12.4 Å². The van der Waals surface area contributed by atoms with Gasteiger partial charge < -0.3 is 10.3 Å². The van der Waals surface area contributed by atoms with Gasteiger partial charge in [-0.05, 0) is 24.5 Å². The van der Waals surface area contributed by atoms with Gasteiger partial charge in [0.05, 0.1) is 11.9 Å². The van der Waals surface area contributed by atoms with Crippen molar-refractivity contribution in [2.45, 2.75) is 18.9 Å². The maximum Gasteiger partial charge on any atom is 0.180 e. The average Bonchev–Trinajstić information content (AvgIpc) is 3.00. The summed E-state index contributed by atoms with van der Waals surface area (Å²) in [4.78, 5) is 4.51. The number of allylic oxidation sites excluding steroid dienone is 1. The second-order valence-electron chi connectivity index (χ2n) is 4.99. The molecular formula is C16H16N4O2. The molecule has 0 amide bonds. The molecule has 112 valence electrons. The monoisotopic (exact) mass is 296 g/mol. The number of fused-ring (bicyclic) bond motifs is 1. The molecule has 0 aliphatic heterocycles. The van der Waals surface area contributed by atoms with Gasteiger partial charge in [-0.1, -0.05) is 6.08 Å². The fraction of sp³-hybridized carbons (Fsp3) is 0.188. The molecule has 3 aromatic heterocycles. The number of rotatable bonds is 5. The molecule has 6 heteroatoms. The minimum atomic E-state index is -0.880. The van der Waals surface area contributed by atoms with Crippen LogP contribution in [0.4, 0.5) is 0 Å². The summed E-state index contributed by atoms with van der Waals surface area (Å²) < 4.78 is 2.29. The van der Waals surface area contributed by atoms with E-state index >= 15 is 0 Å². The average molecular weight is 296 g/mol. The predicted molar refractivity (Wildman–Crippen MR) is 81.0 cm³/mol. The lowest BCUT2D eigenvalue weighted by Gasteiger charge is -2.14. The molecule has 3 aromatic rings. The van der Waals surface area contributed by atoms with Gasteiger partial charge in [-0.15, -0.1) is 6.58 Å². The topological polar surface area (TPSA) is 77.4 Å². The predicted octanol–water partition coefficient (Wildman–Crippen LogP) is 1.56. The van der Waals surface area contributed by atoms with E-state index in [1.54, 1.807) is 28.9 Å². The van der Waals surface area contributed by atoms with Crippen LogP contribution in [0.3, 0.4) is 0 Å². The number of hydrogen-bond acceptors (Lipinski definition) is 4. The maximum atomic E-state index is 11.1. The fourth-order valence-corrected chi connectivity index (χ4v) is 2.34. The summed E-state index contributed by atoms with van der Waals surface area (Å²) in [6.07, 6.45) is 6.88. The Morgan fingerprint density at radius 3 is 2.86 bits per heavy atom. The zero-order valence-electron chi connectivity index (χ0n) is 12.0. The normalized spacial score (nSPS) is 12.4. The molecule has 0 saturated heterocycles. The van der Waals surface area contributed by atoms with Crippen LogP contribution in [0.5, 0.6) is 0 Å². The molecule has 0 bridgehead atoms. The lowest BCUT2D eigenvalue weighted by molar-refractivity contribution is -0.605. The van der Waals surface area contributed by atoms with Crippen LogP contribution < -0.4 is 4.73 Å². The summed E-state index contributed by atoms with van der Waals surface area (Å²) >= 11 is 0. The minimum absolute atomic E-state index is 0.623. The molecule has 1 unspecified atom stereocenters. The van der Waals surface area contributed by atoms with Crippen LogP contribution in [0.2, 0.25) is 0 Å². The van der Waals surface area contributed by atoms with Gasteiger partial charge in [-0.25, -0.2) is 9.50 Å². The highest BCUT2D eigenvalue weighted by Crippen LogP contribution is 2.22. The number of aromatic nitrogens is 4. The van der Waals surface area contributed by atoms with Crippen molar-refractivity contribution in [3.05, 3.63) is 77.7 Å². The number of aryl methyl sites for hydroxylation is 1. The van der Waals surface area contributed by atoms with Gasteiger partial charge in [0.1, 0.15) is 6.10 Å². The van der Waals surface area contributed by atoms with E-state index in [-0.39, 0.29) is 0 Å². The minimum Gasteiger partial charge on any atom is -0.619 e. The van der Waals surface area contributed by atoms with Gasteiger partial charge in [-0.3, -0.25) is 0 Å². The van der Waals surface area contributed by atoms with E-state index < -0.39 is 6.10 Å². The second-order valence-corrected chi connectivity index (χ2v) is 4.99. The Bertz CT molecular complexity index is 796. The maximum absolute atomic E-state index is 11.1. The first-order valence-corrected chi connectivity index (χ1v) is 7.00. The Balaban J connectivity index is 2.05. The van der Waals surface area contributed by atoms with Crippen molar-refractivity contribution >= 4 is 5.65 Å². The third-order valence-electron chi connectivity index (χ3n) is 3.47. The zero-order chi connectivity index (χ0) is 15.5. The van der Waals surface area contributed by atoms with Crippen LogP contribution in [0, 0.1) is 5.21 Å². The van der Waals surface area contributed by atoms with Gasteiger partial charge in [0.25, 0.3) is 0 Å². The number of hydrogen-bond donors (Lipinski definition) is 1. The van der Waals surface area contributed by atoms with Crippen LogP contribution >= 0.6 is 0 Å². The van der Waals surface area contributed by atoms with E-state index in [4.69, 9.17) is 0 Å². The Hall–Kier alpha value is -2.73. The summed E-state index contributed by atoms with van der Waals surface area (Å²) in [6.45, 7) is 3.71. The molecule has 3 rings (SSSR count). The summed E-state index contributed by atoms with van der Waals surface area (Å²) in [5, 5.41) is 26.0. The van der Waals surface area contributed by atoms with Crippen LogP contribution in [-0.4, -0.2) is 19.7 Å². The number of nitrogens with zero attached hydrogens (tertiary/aromatic N) is 4. The third-order valence-corrected chi connectivity index (χ3v) is 3.47. The lowest BCUT2D eigenvalue weighted by Crippen LogP contribution is -2.24. The van der Waals surface area contributed by atoms with E-state index in [9.17, 15) is 10.3 Å². The van der Waals surface area contributed by atoms with Crippen molar-refractivity contribution in [2.75, 3.05) is 0 Å². The van der Waals surface area contributed by atoms with Gasteiger partial charge in [-0.2, -0.15) is 9.83 Å².